The third kappa shape index (κ3) is 3.01. The van der Waals surface area contributed by atoms with Crippen molar-refractivity contribution in [3.8, 4) is 0 Å². The average molecular weight is 215 g/mol. The normalized spacial score (nSPS) is 12.4. The number of aliphatic hydroxyl groups is 1. The molecule has 0 fully saturated rings. The number of hydrogen-bond acceptors (Lipinski definition) is 2. The van der Waals surface area contributed by atoms with Crippen molar-refractivity contribution in [2.45, 2.75) is 18.4 Å². The number of halogens is 1. The van der Waals surface area contributed by atoms with Crippen LogP contribution >= 0.6 is 11.6 Å². The summed E-state index contributed by atoms with van der Waals surface area (Å²) in [6.07, 6.45) is -1.21. The largest absolute Gasteiger partial charge is 0.479 e. The highest BCUT2D eigenvalue weighted by atomic mass is 35.5. The van der Waals surface area contributed by atoms with Crippen LogP contribution in [0, 0.1) is 0 Å². The number of carboxylic acid groups (broad SMARTS) is 1. The van der Waals surface area contributed by atoms with Crippen molar-refractivity contribution in [2.75, 3.05) is 0 Å². The van der Waals surface area contributed by atoms with Crippen LogP contribution in [0.1, 0.15) is 11.1 Å². The van der Waals surface area contributed by atoms with E-state index in [0.29, 0.717) is 5.88 Å². The van der Waals surface area contributed by atoms with Crippen LogP contribution in [0.25, 0.3) is 0 Å². The molecule has 76 valence electrons. The molecule has 0 aliphatic heterocycles. The Bertz CT molecular complexity index is 308. The predicted molar refractivity (Wildman–Crippen MR) is 53.3 cm³/mol. The predicted octanol–water partition coefficient (Wildman–Crippen LogP) is 1.41. The Morgan fingerprint density at radius 3 is 2.21 bits per heavy atom. The topological polar surface area (TPSA) is 57.5 Å². The summed E-state index contributed by atoms with van der Waals surface area (Å²) in [5.41, 5.74) is 1.76. The minimum absolute atomic E-state index is 0.123. The van der Waals surface area contributed by atoms with Gasteiger partial charge >= 0.3 is 5.97 Å². The van der Waals surface area contributed by atoms with E-state index in [1.54, 1.807) is 12.1 Å². The third-order valence-corrected chi connectivity index (χ3v) is 2.20. The van der Waals surface area contributed by atoms with Crippen LogP contribution in [0.3, 0.4) is 0 Å². The van der Waals surface area contributed by atoms with Crippen LogP contribution in [-0.2, 0) is 17.1 Å². The molecule has 1 atom stereocenters. The molecule has 0 radical (unpaired) electrons. The molecule has 0 amide bonds. The van der Waals surface area contributed by atoms with Gasteiger partial charge in [-0.25, -0.2) is 4.79 Å². The lowest BCUT2D eigenvalue weighted by molar-refractivity contribution is -0.146. The molecule has 0 saturated carbocycles. The smallest absolute Gasteiger partial charge is 0.332 e. The molecule has 1 unspecified atom stereocenters. The first-order chi connectivity index (χ1) is 6.63. The second-order valence-electron chi connectivity index (χ2n) is 3.01. The minimum atomic E-state index is -1.34. The average Bonchev–Trinajstić information content (AvgIpc) is 2.19. The zero-order valence-corrected chi connectivity index (χ0v) is 8.24. The lowest BCUT2D eigenvalue weighted by atomic mass is 10.1. The fourth-order valence-electron chi connectivity index (χ4n) is 1.08. The monoisotopic (exact) mass is 214 g/mol. The molecule has 1 aromatic rings. The van der Waals surface area contributed by atoms with Crippen molar-refractivity contribution in [1.82, 2.24) is 0 Å². The number of hydrogen-bond donors (Lipinski definition) is 2. The van der Waals surface area contributed by atoms with Crippen LogP contribution in [0.4, 0.5) is 0 Å². The van der Waals surface area contributed by atoms with E-state index in [-0.39, 0.29) is 6.42 Å². The summed E-state index contributed by atoms with van der Waals surface area (Å²) >= 11 is 5.59. The maximum atomic E-state index is 10.4. The van der Waals surface area contributed by atoms with Crippen molar-refractivity contribution >= 4 is 17.6 Å². The summed E-state index contributed by atoms with van der Waals surface area (Å²) in [6.45, 7) is 0. The number of carbonyl (C=O) groups is 1. The molecule has 2 N–H and O–H groups in total. The SMILES string of the molecule is O=C(O)C(O)Cc1ccc(CCl)cc1. The lowest BCUT2D eigenvalue weighted by Crippen LogP contribution is -2.21. The van der Waals surface area contributed by atoms with Gasteiger partial charge in [-0.15, -0.1) is 11.6 Å². The summed E-state index contributed by atoms with van der Waals surface area (Å²) in [5, 5.41) is 17.6. The number of aliphatic carboxylic acids is 1. The third-order valence-electron chi connectivity index (χ3n) is 1.89. The molecule has 0 aromatic heterocycles. The molecule has 1 aromatic carbocycles. The Morgan fingerprint density at radius 2 is 1.79 bits per heavy atom. The van der Waals surface area contributed by atoms with Gasteiger partial charge < -0.3 is 10.2 Å². The number of benzene rings is 1. The van der Waals surface area contributed by atoms with Crippen molar-refractivity contribution in [2.24, 2.45) is 0 Å². The van der Waals surface area contributed by atoms with Crippen LogP contribution < -0.4 is 0 Å². The minimum Gasteiger partial charge on any atom is -0.479 e. The van der Waals surface area contributed by atoms with Crippen molar-refractivity contribution in [3.63, 3.8) is 0 Å². The van der Waals surface area contributed by atoms with E-state index >= 15 is 0 Å². The molecule has 0 heterocycles. The first-order valence-electron chi connectivity index (χ1n) is 4.18. The fourth-order valence-corrected chi connectivity index (χ4v) is 1.25. The molecule has 14 heavy (non-hydrogen) atoms. The molecule has 0 bridgehead atoms. The molecular formula is C10H11ClO3. The zero-order chi connectivity index (χ0) is 10.6. The van der Waals surface area contributed by atoms with Crippen molar-refractivity contribution < 1.29 is 15.0 Å². The van der Waals surface area contributed by atoms with Gasteiger partial charge in [0.1, 0.15) is 0 Å². The summed E-state index contributed by atoms with van der Waals surface area (Å²) in [4.78, 5) is 10.4. The Labute approximate surface area is 86.9 Å². The molecule has 3 nitrogen and oxygen atoms in total. The number of rotatable bonds is 4. The Kier molecular flexibility index (Phi) is 3.92. The fraction of sp³-hybridized carbons (Fsp3) is 0.300. The second kappa shape index (κ2) is 4.98. The van der Waals surface area contributed by atoms with Gasteiger partial charge in [-0.05, 0) is 11.1 Å². The lowest BCUT2D eigenvalue weighted by Gasteiger charge is -2.05. The zero-order valence-electron chi connectivity index (χ0n) is 7.48. The highest BCUT2D eigenvalue weighted by Gasteiger charge is 2.13. The van der Waals surface area contributed by atoms with Crippen LogP contribution in [0.2, 0.25) is 0 Å². The maximum absolute atomic E-state index is 10.4. The molecule has 0 aliphatic carbocycles. The van der Waals surface area contributed by atoms with Gasteiger partial charge in [-0.1, -0.05) is 24.3 Å². The summed E-state index contributed by atoms with van der Waals surface area (Å²) in [5.74, 6) is -0.770. The van der Waals surface area contributed by atoms with Crippen molar-refractivity contribution in [1.29, 1.82) is 0 Å². The molecule has 4 heteroatoms. The van der Waals surface area contributed by atoms with Gasteiger partial charge in [0.15, 0.2) is 6.10 Å². The van der Waals surface area contributed by atoms with E-state index in [1.807, 2.05) is 12.1 Å². The van der Waals surface area contributed by atoms with Gasteiger partial charge in [-0.2, -0.15) is 0 Å². The van der Waals surface area contributed by atoms with E-state index in [9.17, 15) is 4.79 Å². The van der Waals surface area contributed by atoms with Gasteiger partial charge in [0.05, 0.1) is 0 Å². The number of alkyl halides is 1. The van der Waals surface area contributed by atoms with Crippen LogP contribution in [-0.4, -0.2) is 22.3 Å². The summed E-state index contributed by atoms with van der Waals surface area (Å²) in [7, 11) is 0. The summed E-state index contributed by atoms with van der Waals surface area (Å²) in [6, 6.07) is 7.17. The molecular weight excluding hydrogens is 204 g/mol. The molecule has 1 rings (SSSR count). The van der Waals surface area contributed by atoms with E-state index in [1.165, 1.54) is 0 Å². The highest BCUT2D eigenvalue weighted by molar-refractivity contribution is 6.17. The van der Waals surface area contributed by atoms with Gasteiger partial charge in [0, 0.05) is 12.3 Å². The van der Waals surface area contributed by atoms with Crippen molar-refractivity contribution in [3.05, 3.63) is 35.4 Å². The Morgan fingerprint density at radius 1 is 1.29 bits per heavy atom. The van der Waals surface area contributed by atoms with Crippen LogP contribution in [0.5, 0.6) is 0 Å². The van der Waals surface area contributed by atoms with E-state index < -0.39 is 12.1 Å². The quantitative estimate of drug-likeness (QED) is 0.746. The van der Waals surface area contributed by atoms with E-state index in [2.05, 4.69) is 0 Å². The maximum Gasteiger partial charge on any atom is 0.332 e. The summed E-state index contributed by atoms with van der Waals surface area (Å²) < 4.78 is 0. The second-order valence-corrected chi connectivity index (χ2v) is 3.28. The first kappa shape index (κ1) is 11.0. The highest BCUT2D eigenvalue weighted by Crippen LogP contribution is 2.08. The molecule has 0 spiro atoms. The molecule has 0 saturated heterocycles. The standard InChI is InChI=1S/C10H11ClO3/c11-6-8-3-1-7(2-4-8)5-9(12)10(13)14/h1-4,9,12H,5-6H2,(H,13,14). The Hall–Kier alpha value is -1.06. The van der Waals surface area contributed by atoms with Crippen LogP contribution in [0.15, 0.2) is 24.3 Å². The van der Waals surface area contributed by atoms with Gasteiger partial charge in [-0.3, -0.25) is 0 Å². The first-order valence-corrected chi connectivity index (χ1v) is 4.71. The van der Waals surface area contributed by atoms with Gasteiger partial charge in [0.25, 0.3) is 0 Å². The Balaban J connectivity index is 2.64. The van der Waals surface area contributed by atoms with Gasteiger partial charge in [0.2, 0.25) is 0 Å². The van der Waals surface area contributed by atoms with E-state index in [0.717, 1.165) is 11.1 Å². The van der Waals surface area contributed by atoms with E-state index in [4.69, 9.17) is 21.8 Å². The number of carboxylic acids is 1. The number of aliphatic hydroxyl groups excluding tert-OH is 1. The molecule has 0 aliphatic rings.